The van der Waals surface area contributed by atoms with Gasteiger partial charge in [0, 0.05) is 30.8 Å². The Morgan fingerprint density at radius 2 is 2.16 bits per heavy atom. The van der Waals surface area contributed by atoms with E-state index in [1.165, 1.54) is 12.1 Å². The Bertz CT molecular complexity index is 923. The number of sulfone groups is 1. The average Bonchev–Trinajstić information content (AvgIpc) is 2.89. The van der Waals surface area contributed by atoms with Crippen molar-refractivity contribution in [2.45, 2.75) is 30.2 Å². The molecule has 2 amide bonds. The van der Waals surface area contributed by atoms with Crippen molar-refractivity contribution >= 4 is 33.2 Å². The van der Waals surface area contributed by atoms with E-state index in [-0.39, 0.29) is 16.0 Å². The maximum absolute atomic E-state index is 12.3. The van der Waals surface area contributed by atoms with Gasteiger partial charge in [-0.15, -0.1) is 0 Å². The molecule has 0 bridgehead atoms. The molecule has 0 radical (unpaired) electrons. The van der Waals surface area contributed by atoms with Crippen molar-refractivity contribution in [3.63, 3.8) is 0 Å². The van der Waals surface area contributed by atoms with E-state index < -0.39 is 15.9 Å². The number of fused-ring (bicyclic) bond motifs is 1. The molecule has 25 heavy (non-hydrogen) atoms. The van der Waals surface area contributed by atoms with E-state index in [1.54, 1.807) is 10.7 Å². The highest BCUT2D eigenvalue weighted by Gasteiger charge is 2.24. The zero-order chi connectivity index (χ0) is 18.2. The molecule has 9 heteroatoms. The molecule has 1 aromatic carbocycles. The maximum atomic E-state index is 12.3. The van der Waals surface area contributed by atoms with Crippen molar-refractivity contribution < 1.29 is 13.2 Å². The first-order valence-corrected chi connectivity index (χ1v) is 10.1. The molecule has 1 unspecified atom stereocenters. The number of nitrogens with zero attached hydrogens (tertiary/aromatic N) is 2. The van der Waals surface area contributed by atoms with Gasteiger partial charge in [0.25, 0.3) is 0 Å². The summed E-state index contributed by atoms with van der Waals surface area (Å²) < 4.78 is 25.2. The van der Waals surface area contributed by atoms with E-state index >= 15 is 0 Å². The van der Waals surface area contributed by atoms with Gasteiger partial charge in [0.2, 0.25) is 0 Å². The minimum absolute atomic E-state index is 0.0146. The van der Waals surface area contributed by atoms with Gasteiger partial charge in [-0.3, -0.25) is 4.68 Å². The smallest absolute Gasteiger partial charge is 0.319 e. The second-order valence-electron chi connectivity index (χ2n) is 6.17. The predicted molar refractivity (Wildman–Crippen MR) is 95.6 cm³/mol. The third kappa shape index (κ3) is 3.96. The van der Waals surface area contributed by atoms with Gasteiger partial charge in [-0.1, -0.05) is 11.6 Å². The van der Waals surface area contributed by atoms with Crippen molar-refractivity contribution in [3.8, 4) is 0 Å². The van der Waals surface area contributed by atoms with Gasteiger partial charge in [-0.05, 0) is 37.5 Å². The Morgan fingerprint density at radius 3 is 2.88 bits per heavy atom. The largest absolute Gasteiger partial charge is 0.331 e. The van der Waals surface area contributed by atoms with E-state index in [2.05, 4.69) is 15.7 Å². The third-order valence-electron chi connectivity index (χ3n) is 4.11. The first-order valence-electron chi connectivity index (χ1n) is 7.83. The number of urea groups is 1. The van der Waals surface area contributed by atoms with Gasteiger partial charge < -0.3 is 10.6 Å². The van der Waals surface area contributed by atoms with Crippen LogP contribution in [0, 0.1) is 0 Å². The summed E-state index contributed by atoms with van der Waals surface area (Å²) in [6, 6.07) is 3.86. The number of amides is 2. The lowest BCUT2D eigenvalue weighted by atomic mass is 9.93. The summed E-state index contributed by atoms with van der Waals surface area (Å²) >= 11 is 5.91. The summed E-state index contributed by atoms with van der Waals surface area (Å²) in [7, 11) is -1.61. The highest BCUT2D eigenvalue weighted by molar-refractivity contribution is 7.90. The highest BCUT2D eigenvalue weighted by atomic mass is 35.5. The monoisotopic (exact) mass is 382 g/mol. The summed E-state index contributed by atoms with van der Waals surface area (Å²) in [6.07, 6.45) is 5.69. The molecule has 0 spiro atoms. The Kier molecular flexibility index (Phi) is 4.75. The SMILES string of the molecule is Cn1cc2c(n1)CCCC2NC(=O)Nc1ccc(Cl)c(S(C)(=O)=O)c1. The molecule has 134 valence electrons. The summed E-state index contributed by atoms with van der Waals surface area (Å²) in [5.74, 6) is 0. The van der Waals surface area contributed by atoms with Crippen LogP contribution >= 0.6 is 11.6 Å². The van der Waals surface area contributed by atoms with E-state index in [0.717, 1.165) is 36.8 Å². The second-order valence-corrected chi connectivity index (χ2v) is 8.56. The van der Waals surface area contributed by atoms with E-state index in [4.69, 9.17) is 11.6 Å². The molecule has 0 fully saturated rings. The molecule has 1 aliphatic carbocycles. The normalized spacial score (nSPS) is 17.0. The zero-order valence-corrected chi connectivity index (χ0v) is 15.5. The van der Waals surface area contributed by atoms with Crippen molar-refractivity contribution in [2.24, 2.45) is 7.05 Å². The van der Waals surface area contributed by atoms with Crippen LogP contribution in [0.4, 0.5) is 10.5 Å². The lowest BCUT2D eigenvalue weighted by molar-refractivity contribution is 0.247. The number of benzene rings is 1. The van der Waals surface area contributed by atoms with Gasteiger partial charge in [0.1, 0.15) is 0 Å². The van der Waals surface area contributed by atoms with Gasteiger partial charge in [-0.25, -0.2) is 13.2 Å². The summed E-state index contributed by atoms with van der Waals surface area (Å²) in [4.78, 5) is 12.3. The number of rotatable bonds is 3. The number of carbonyl (C=O) groups is 1. The molecule has 1 aliphatic rings. The van der Waals surface area contributed by atoms with Crippen molar-refractivity contribution in [1.29, 1.82) is 0 Å². The van der Waals surface area contributed by atoms with Crippen LogP contribution in [-0.4, -0.2) is 30.5 Å². The zero-order valence-electron chi connectivity index (χ0n) is 13.9. The van der Waals surface area contributed by atoms with Crippen molar-refractivity contribution in [2.75, 3.05) is 11.6 Å². The minimum Gasteiger partial charge on any atom is -0.331 e. The van der Waals surface area contributed by atoms with Gasteiger partial charge in [0.05, 0.1) is 21.7 Å². The average molecular weight is 383 g/mol. The predicted octanol–water partition coefficient (Wildman–Crippen LogP) is 2.68. The number of hydrogen-bond acceptors (Lipinski definition) is 4. The van der Waals surface area contributed by atoms with Crippen LogP contribution in [0.1, 0.15) is 30.1 Å². The summed E-state index contributed by atoms with van der Waals surface area (Å²) in [6.45, 7) is 0. The summed E-state index contributed by atoms with van der Waals surface area (Å²) in [5.41, 5.74) is 2.39. The van der Waals surface area contributed by atoms with Crippen LogP contribution in [-0.2, 0) is 23.3 Å². The second kappa shape index (κ2) is 6.68. The highest BCUT2D eigenvalue weighted by Crippen LogP contribution is 2.29. The Labute approximate surface area is 151 Å². The Hall–Kier alpha value is -2.06. The molecule has 3 rings (SSSR count). The molecule has 0 saturated carbocycles. The molecule has 2 N–H and O–H groups in total. The maximum Gasteiger partial charge on any atom is 0.319 e. The van der Waals surface area contributed by atoms with Crippen LogP contribution in [0.2, 0.25) is 5.02 Å². The molecule has 2 aromatic rings. The van der Waals surface area contributed by atoms with Crippen LogP contribution in [0.5, 0.6) is 0 Å². The summed E-state index contributed by atoms with van der Waals surface area (Å²) in [5, 5.41) is 10.1. The first kappa shape index (κ1) is 17.8. The molecule has 1 atom stereocenters. The lowest BCUT2D eigenvalue weighted by Gasteiger charge is -2.22. The number of aryl methyl sites for hydroxylation is 2. The quantitative estimate of drug-likeness (QED) is 0.853. The Balaban J connectivity index is 1.74. The minimum atomic E-state index is -3.47. The number of halogens is 1. The van der Waals surface area contributed by atoms with Crippen LogP contribution < -0.4 is 10.6 Å². The number of aromatic nitrogens is 2. The van der Waals surface area contributed by atoms with E-state index in [0.29, 0.717) is 5.69 Å². The third-order valence-corrected chi connectivity index (χ3v) is 5.69. The number of anilines is 1. The van der Waals surface area contributed by atoms with Gasteiger partial charge in [-0.2, -0.15) is 5.10 Å². The first-order chi connectivity index (χ1) is 11.7. The van der Waals surface area contributed by atoms with Crippen LogP contribution in [0.15, 0.2) is 29.3 Å². The standard InChI is InChI=1S/C16H19ClN4O3S/c1-21-9-11-13(4-3-5-14(11)20-21)19-16(22)18-10-6-7-12(17)15(8-10)25(2,23)24/h6-9,13H,3-5H2,1-2H3,(H2,18,19,22). The van der Waals surface area contributed by atoms with Crippen LogP contribution in [0.25, 0.3) is 0 Å². The fourth-order valence-electron chi connectivity index (χ4n) is 3.01. The fraction of sp³-hybridized carbons (Fsp3) is 0.375. The fourth-order valence-corrected chi connectivity index (χ4v) is 4.31. The van der Waals surface area contributed by atoms with Crippen molar-refractivity contribution in [3.05, 3.63) is 40.7 Å². The molecule has 1 heterocycles. The van der Waals surface area contributed by atoms with E-state index in [1.807, 2.05) is 13.2 Å². The van der Waals surface area contributed by atoms with Crippen molar-refractivity contribution in [1.82, 2.24) is 15.1 Å². The van der Waals surface area contributed by atoms with Gasteiger partial charge >= 0.3 is 6.03 Å². The van der Waals surface area contributed by atoms with E-state index in [9.17, 15) is 13.2 Å². The molecule has 1 aromatic heterocycles. The molecule has 7 nitrogen and oxygen atoms in total. The topological polar surface area (TPSA) is 93.1 Å². The molecular weight excluding hydrogens is 364 g/mol. The lowest BCUT2D eigenvalue weighted by Crippen LogP contribution is -2.34. The number of hydrogen-bond donors (Lipinski definition) is 2. The Morgan fingerprint density at radius 1 is 1.40 bits per heavy atom. The molecule has 0 saturated heterocycles. The number of nitrogens with one attached hydrogen (secondary N) is 2. The number of carbonyl (C=O) groups excluding carboxylic acids is 1. The van der Waals surface area contributed by atoms with Gasteiger partial charge in [0.15, 0.2) is 9.84 Å². The van der Waals surface area contributed by atoms with Crippen LogP contribution in [0.3, 0.4) is 0 Å². The molecule has 0 aliphatic heterocycles. The molecular formula is C16H19ClN4O3S.